The third-order valence-corrected chi connectivity index (χ3v) is 4.78. The lowest BCUT2D eigenvalue weighted by molar-refractivity contribution is -0.184. The van der Waals surface area contributed by atoms with Crippen molar-refractivity contribution in [3.8, 4) is 0 Å². The minimum atomic E-state index is -0.565. The zero-order chi connectivity index (χ0) is 15.5. The van der Waals surface area contributed by atoms with Gasteiger partial charge in [-0.3, -0.25) is 9.59 Å². The minimum absolute atomic E-state index is 0.325. The van der Waals surface area contributed by atoms with Gasteiger partial charge in [0.05, 0.1) is 0 Å². The number of carbonyl (C=O) groups is 2. The fraction of sp³-hybridized carbons (Fsp3) is 0.786. The van der Waals surface area contributed by atoms with E-state index in [0.717, 1.165) is 25.9 Å². The summed E-state index contributed by atoms with van der Waals surface area (Å²) in [4.78, 5) is 25.3. The van der Waals surface area contributed by atoms with Gasteiger partial charge >= 0.3 is 5.91 Å². The molecule has 1 saturated heterocycles. The molecule has 0 unspecified atom stereocenters. The quantitative estimate of drug-likeness (QED) is 0.748. The van der Waals surface area contributed by atoms with Crippen LogP contribution in [0.15, 0.2) is 5.10 Å². The largest absolute Gasteiger partial charge is 0.313 e. The summed E-state index contributed by atoms with van der Waals surface area (Å²) in [5.41, 5.74) is 2.21. The van der Waals surface area contributed by atoms with Crippen LogP contribution in [0.1, 0.15) is 52.9 Å². The van der Waals surface area contributed by atoms with Crippen molar-refractivity contribution in [1.82, 2.24) is 20.8 Å². The smallest absolute Gasteiger partial charge is 0.288 e. The van der Waals surface area contributed by atoms with Gasteiger partial charge in [-0.05, 0) is 37.3 Å². The van der Waals surface area contributed by atoms with Crippen molar-refractivity contribution >= 4 is 18.0 Å². The van der Waals surface area contributed by atoms with Crippen LogP contribution in [-0.4, -0.2) is 46.4 Å². The molecule has 0 aliphatic carbocycles. The van der Waals surface area contributed by atoms with Crippen molar-refractivity contribution in [2.75, 3.05) is 13.1 Å². The first-order chi connectivity index (χ1) is 10.1. The molecule has 0 aromatic carbocycles. The van der Waals surface area contributed by atoms with Crippen LogP contribution in [0.25, 0.3) is 0 Å². The Balaban J connectivity index is 2.14. The second-order valence-electron chi connectivity index (χ2n) is 5.61. The molecule has 7 nitrogen and oxygen atoms in total. The Kier molecular flexibility index (Phi) is 4.95. The average Bonchev–Trinajstić information content (AvgIpc) is 3.19. The number of rotatable bonds is 6. The van der Waals surface area contributed by atoms with Gasteiger partial charge in [0.2, 0.25) is 5.78 Å². The second kappa shape index (κ2) is 6.53. The number of carbonyl (C=O) groups excluding carboxylic acids is 2. The van der Waals surface area contributed by atoms with Gasteiger partial charge in [-0.1, -0.05) is 20.8 Å². The number of nitrogens with zero attached hydrogens (tertiary/aromatic N) is 4. The van der Waals surface area contributed by atoms with E-state index >= 15 is 0 Å². The van der Waals surface area contributed by atoms with Crippen molar-refractivity contribution in [3.63, 3.8) is 0 Å². The first-order valence-corrected chi connectivity index (χ1v) is 7.81. The van der Waals surface area contributed by atoms with Crippen LogP contribution >= 0.6 is 0 Å². The highest BCUT2D eigenvalue weighted by Gasteiger charge is 2.42. The summed E-state index contributed by atoms with van der Waals surface area (Å²) < 4.78 is 0. The fourth-order valence-electron chi connectivity index (χ4n) is 3.02. The van der Waals surface area contributed by atoms with E-state index < -0.39 is 11.3 Å². The maximum atomic E-state index is 12.7. The van der Waals surface area contributed by atoms with E-state index in [-0.39, 0.29) is 5.78 Å². The van der Waals surface area contributed by atoms with E-state index in [1.54, 1.807) is 5.23 Å². The van der Waals surface area contributed by atoms with E-state index in [4.69, 9.17) is 0 Å². The van der Waals surface area contributed by atoms with Gasteiger partial charge in [-0.25, -0.2) is 10.5 Å². The Morgan fingerprint density at radius 3 is 2.24 bits per heavy atom. The van der Waals surface area contributed by atoms with Gasteiger partial charge in [-0.15, -0.1) is 0 Å². The molecule has 2 aliphatic rings. The van der Waals surface area contributed by atoms with Crippen LogP contribution in [0.2, 0.25) is 0 Å². The molecule has 0 atom stereocenters. The van der Waals surface area contributed by atoms with Crippen LogP contribution in [-0.2, 0) is 9.59 Å². The molecule has 0 aromatic rings. The first-order valence-electron chi connectivity index (χ1n) is 7.81. The van der Waals surface area contributed by atoms with Crippen molar-refractivity contribution in [2.45, 2.75) is 52.9 Å². The molecule has 0 spiro atoms. The number of amides is 1. The molecule has 21 heavy (non-hydrogen) atoms. The Labute approximate surface area is 125 Å². The summed E-state index contributed by atoms with van der Waals surface area (Å²) in [6.45, 7) is 7.61. The van der Waals surface area contributed by atoms with Crippen molar-refractivity contribution in [3.05, 3.63) is 0 Å². The molecule has 0 bridgehead atoms. The fourth-order valence-corrected chi connectivity index (χ4v) is 3.02. The molecule has 0 aromatic heterocycles. The van der Waals surface area contributed by atoms with Crippen LogP contribution in [0.3, 0.4) is 0 Å². The number of hydrazone groups is 1. The molecule has 0 radical (unpaired) electrons. The lowest BCUT2D eigenvalue weighted by atomic mass is 9.75. The molecular formula is C14H25N5O2. The van der Waals surface area contributed by atoms with Crippen LogP contribution in [0.5, 0.6) is 0 Å². The summed E-state index contributed by atoms with van der Waals surface area (Å²) in [6, 6.07) is 0. The topological polar surface area (TPSA) is 68.2 Å². The van der Waals surface area contributed by atoms with Crippen molar-refractivity contribution in [2.24, 2.45) is 10.5 Å². The van der Waals surface area contributed by atoms with Gasteiger partial charge in [0.15, 0.2) is 0 Å². The lowest BCUT2D eigenvalue weighted by Crippen LogP contribution is -2.58. The van der Waals surface area contributed by atoms with E-state index in [1.165, 1.54) is 11.3 Å². The highest BCUT2D eigenvalue weighted by Crippen LogP contribution is 2.32. The minimum Gasteiger partial charge on any atom is -0.288 e. The van der Waals surface area contributed by atoms with E-state index in [2.05, 4.69) is 10.6 Å². The maximum absolute atomic E-state index is 12.7. The van der Waals surface area contributed by atoms with Gasteiger partial charge in [0.25, 0.3) is 0 Å². The summed E-state index contributed by atoms with van der Waals surface area (Å²) >= 11 is 0. The Hall–Kier alpha value is -1.47. The number of hydrogen-bond donors (Lipinski definition) is 1. The first kappa shape index (κ1) is 15.9. The Morgan fingerprint density at radius 2 is 1.71 bits per heavy atom. The average molecular weight is 295 g/mol. The zero-order valence-electron chi connectivity index (χ0n) is 13.1. The van der Waals surface area contributed by atoms with Gasteiger partial charge in [0.1, 0.15) is 6.34 Å². The third-order valence-electron chi connectivity index (χ3n) is 4.78. The van der Waals surface area contributed by atoms with Gasteiger partial charge < -0.3 is 0 Å². The van der Waals surface area contributed by atoms with E-state index in [1.807, 2.05) is 25.8 Å². The zero-order valence-corrected chi connectivity index (χ0v) is 13.1. The predicted octanol–water partition coefficient (Wildman–Crippen LogP) is 1.29. The molecule has 1 amide bonds. The normalized spacial score (nSPS) is 20.0. The maximum Gasteiger partial charge on any atom is 0.313 e. The number of hydrazine groups is 3. The van der Waals surface area contributed by atoms with Crippen LogP contribution in [0, 0.1) is 5.41 Å². The molecular weight excluding hydrogens is 270 g/mol. The van der Waals surface area contributed by atoms with Crippen molar-refractivity contribution < 1.29 is 9.59 Å². The molecule has 2 aliphatic heterocycles. The standard InChI is InChI=1S/C14H25N5O2/c1-4-14(5-2,6-3)12(20)13(21)18-11-15-16-19(18)17-9-7-8-10-17/h11,16H,4-10H2,1-3H3. The summed E-state index contributed by atoms with van der Waals surface area (Å²) in [7, 11) is 0. The number of hydrogen-bond acceptors (Lipinski definition) is 6. The molecule has 7 heteroatoms. The van der Waals surface area contributed by atoms with E-state index in [9.17, 15) is 9.59 Å². The predicted molar refractivity (Wildman–Crippen MR) is 79.4 cm³/mol. The molecule has 1 N–H and O–H groups in total. The summed E-state index contributed by atoms with van der Waals surface area (Å²) in [5, 5.41) is 8.76. The number of Topliss-reactive ketones (excluding diaryl/α,β-unsaturated/α-hetero) is 1. The van der Waals surface area contributed by atoms with Crippen LogP contribution in [0.4, 0.5) is 0 Å². The number of ketones is 1. The SMILES string of the molecule is CCC(CC)(CC)C(=O)C(=O)N1C=NNN1N1CCCC1. The van der Waals surface area contributed by atoms with Gasteiger partial charge in [0, 0.05) is 18.5 Å². The van der Waals surface area contributed by atoms with Crippen molar-refractivity contribution in [1.29, 1.82) is 0 Å². The molecule has 2 heterocycles. The third kappa shape index (κ3) is 2.80. The molecule has 0 saturated carbocycles. The Bertz CT molecular complexity index is 419. The molecule has 1 fully saturated rings. The summed E-state index contributed by atoms with van der Waals surface area (Å²) in [5.74, 6) is -0.837. The number of nitrogens with one attached hydrogen (secondary N) is 1. The van der Waals surface area contributed by atoms with E-state index in [0.29, 0.717) is 19.3 Å². The monoisotopic (exact) mass is 295 g/mol. The van der Waals surface area contributed by atoms with Crippen LogP contribution < -0.4 is 5.53 Å². The summed E-state index contributed by atoms with van der Waals surface area (Å²) in [6.07, 6.45) is 5.56. The second-order valence-corrected chi connectivity index (χ2v) is 5.61. The lowest BCUT2D eigenvalue weighted by Gasteiger charge is -2.34. The van der Waals surface area contributed by atoms with Gasteiger partial charge in [-0.2, -0.15) is 10.1 Å². The highest BCUT2D eigenvalue weighted by molar-refractivity contribution is 6.39. The highest BCUT2D eigenvalue weighted by atomic mass is 16.2. The Morgan fingerprint density at radius 1 is 1.14 bits per heavy atom. The molecule has 118 valence electrons. The molecule has 2 rings (SSSR count).